The van der Waals surface area contributed by atoms with E-state index in [9.17, 15) is 4.79 Å². The minimum atomic E-state index is -0.518. The van der Waals surface area contributed by atoms with Crippen LogP contribution in [0.15, 0.2) is 16.5 Å². The Hall–Kier alpha value is -1.84. The fourth-order valence-electron chi connectivity index (χ4n) is 1.19. The smallest absolute Gasteiger partial charge is 0.251 e. The predicted octanol–water partition coefficient (Wildman–Crippen LogP) is 1.04. The van der Waals surface area contributed by atoms with Crippen LogP contribution in [0.3, 0.4) is 0 Å². The molecule has 2 rings (SSSR count). The summed E-state index contributed by atoms with van der Waals surface area (Å²) in [6.07, 6.45) is 0. The second-order valence-corrected chi connectivity index (χ2v) is 2.68. The van der Waals surface area contributed by atoms with Gasteiger partial charge in [-0.3, -0.25) is 4.79 Å². The normalized spacial score (nSPS) is 10.5. The van der Waals surface area contributed by atoms with E-state index < -0.39 is 5.91 Å². The quantitative estimate of drug-likeness (QED) is 0.703. The minimum absolute atomic E-state index is 0.342. The van der Waals surface area contributed by atoms with Crippen LogP contribution in [0.25, 0.3) is 11.1 Å². The molecule has 1 aromatic heterocycles. The molecular formula is C9H7N2O2. The number of benzene rings is 1. The number of carbonyl (C=O) groups is 1. The molecule has 1 aromatic carbocycles. The van der Waals surface area contributed by atoms with Gasteiger partial charge >= 0.3 is 0 Å². The first kappa shape index (κ1) is 7.79. The van der Waals surface area contributed by atoms with Crippen molar-refractivity contribution in [3.8, 4) is 0 Å². The third-order valence-corrected chi connectivity index (χ3v) is 1.72. The topological polar surface area (TPSA) is 69.1 Å². The van der Waals surface area contributed by atoms with Crippen LogP contribution >= 0.6 is 0 Å². The van der Waals surface area contributed by atoms with Gasteiger partial charge in [0.2, 0.25) is 0 Å². The molecule has 0 atom stereocenters. The molecule has 4 heteroatoms. The maximum absolute atomic E-state index is 10.9. The lowest BCUT2D eigenvalue weighted by Gasteiger charge is -1.92. The first-order valence-corrected chi connectivity index (χ1v) is 3.75. The third kappa shape index (κ3) is 1.16. The second-order valence-electron chi connectivity index (χ2n) is 2.68. The fraction of sp³-hybridized carbons (Fsp3) is 0.111. The maximum atomic E-state index is 10.9. The van der Waals surface area contributed by atoms with E-state index in [2.05, 4.69) is 11.1 Å². The predicted molar refractivity (Wildman–Crippen MR) is 46.1 cm³/mol. The van der Waals surface area contributed by atoms with E-state index in [1.807, 2.05) is 0 Å². The van der Waals surface area contributed by atoms with Crippen molar-refractivity contribution in [1.82, 2.24) is 4.98 Å². The number of oxazole rings is 1. The summed E-state index contributed by atoms with van der Waals surface area (Å²) in [6.45, 7) is 1.71. The van der Waals surface area contributed by atoms with E-state index in [1.165, 1.54) is 6.07 Å². The lowest BCUT2D eigenvalue weighted by atomic mass is 10.2. The minimum Gasteiger partial charge on any atom is -0.441 e. The summed E-state index contributed by atoms with van der Waals surface area (Å²) in [4.78, 5) is 15.0. The molecule has 1 amide bonds. The number of fused-ring (bicyclic) bond motifs is 1. The van der Waals surface area contributed by atoms with Gasteiger partial charge in [-0.15, -0.1) is 0 Å². The van der Waals surface area contributed by atoms with Crippen molar-refractivity contribution in [3.05, 3.63) is 29.7 Å². The van der Waals surface area contributed by atoms with E-state index in [0.717, 1.165) is 0 Å². The first-order chi connectivity index (χ1) is 6.18. The number of hydrogen-bond acceptors (Lipinski definition) is 3. The second kappa shape index (κ2) is 2.58. The van der Waals surface area contributed by atoms with Crippen LogP contribution in [-0.4, -0.2) is 10.9 Å². The van der Waals surface area contributed by atoms with E-state index in [-0.39, 0.29) is 0 Å². The van der Waals surface area contributed by atoms with Crippen LogP contribution in [0.2, 0.25) is 0 Å². The molecule has 0 bridgehead atoms. The van der Waals surface area contributed by atoms with Gasteiger partial charge in [0.1, 0.15) is 5.52 Å². The Morgan fingerprint density at radius 3 is 3.08 bits per heavy atom. The summed E-state index contributed by atoms with van der Waals surface area (Å²) in [6, 6.07) is 5.90. The van der Waals surface area contributed by atoms with Gasteiger partial charge in [0, 0.05) is 6.92 Å². The fourth-order valence-corrected chi connectivity index (χ4v) is 1.19. The van der Waals surface area contributed by atoms with Crippen LogP contribution < -0.4 is 5.73 Å². The number of nitrogens with zero attached hydrogens (tertiary/aromatic N) is 1. The Balaban J connectivity index is 2.82. The van der Waals surface area contributed by atoms with Crippen LogP contribution in [-0.2, 0) is 0 Å². The number of carbonyl (C=O) groups excluding carboxylic acids is 1. The molecule has 4 nitrogen and oxygen atoms in total. The Kier molecular flexibility index (Phi) is 1.55. The van der Waals surface area contributed by atoms with Crippen molar-refractivity contribution >= 4 is 17.0 Å². The molecule has 2 N–H and O–H groups in total. The summed E-state index contributed by atoms with van der Waals surface area (Å²) in [5, 5.41) is 0. The third-order valence-electron chi connectivity index (χ3n) is 1.72. The van der Waals surface area contributed by atoms with Crippen LogP contribution in [0.1, 0.15) is 16.2 Å². The number of nitrogens with two attached hydrogens (primary N) is 1. The van der Waals surface area contributed by atoms with E-state index in [1.54, 1.807) is 13.0 Å². The van der Waals surface area contributed by atoms with Crippen molar-refractivity contribution in [3.63, 3.8) is 0 Å². The van der Waals surface area contributed by atoms with Crippen LogP contribution in [0, 0.1) is 13.0 Å². The van der Waals surface area contributed by atoms with Gasteiger partial charge < -0.3 is 10.2 Å². The summed E-state index contributed by atoms with van der Waals surface area (Å²) in [7, 11) is 0. The molecule has 1 heterocycles. The molecule has 2 aromatic rings. The molecule has 13 heavy (non-hydrogen) atoms. The molecule has 0 aliphatic heterocycles. The highest BCUT2D eigenvalue weighted by Crippen LogP contribution is 2.18. The molecule has 0 saturated carbocycles. The number of aryl methyl sites for hydroxylation is 1. The summed E-state index contributed by atoms with van der Waals surface area (Å²) >= 11 is 0. The molecule has 0 aliphatic rings. The van der Waals surface area contributed by atoms with Gasteiger partial charge in [0.15, 0.2) is 11.5 Å². The lowest BCUT2D eigenvalue weighted by Crippen LogP contribution is -2.11. The van der Waals surface area contributed by atoms with Gasteiger partial charge in [-0.05, 0) is 18.2 Å². The molecule has 0 unspecified atom stereocenters. The summed E-state index contributed by atoms with van der Waals surface area (Å²) in [5.74, 6) is -0.00718. The highest BCUT2D eigenvalue weighted by molar-refractivity contribution is 6.03. The lowest BCUT2D eigenvalue weighted by molar-refractivity contribution is 0.100. The Bertz CT molecular complexity index is 473. The molecule has 65 valence electrons. The van der Waals surface area contributed by atoms with Gasteiger partial charge in [-0.1, -0.05) is 0 Å². The largest absolute Gasteiger partial charge is 0.441 e. The van der Waals surface area contributed by atoms with Crippen molar-refractivity contribution in [2.24, 2.45) is 5.73 Å². The van der Waals surface area contributed by atoms with E-state index in [4.69, 9.17) is 10.2 Å². The zero-order valence-electron chi connectivity index (χ0n) is 7.00. The highest BCUT2D eigenvalue weighted by atomic mass is 16.3. The van der Waals surface area contributed by atoms with Crippen molar-refractivity contribution in [2.45, 2.75) is 6.92 Å². The molecule has 1 radical (unpaired) electrons. The van der Waals surface area contributed by atoms with Crippen molar-refractivity contribution in [1.29, 1.82) is 0 Å². The molecule has 0 spiro atoms. The zero-order valence-corrected chi connectivity index (χ0v) is 7.00. The van der Waals surface area contributed by atoms with Crippen LogP contribution in [0.5, 0.6) is 0 Å². The molecule has 0 saturated heterocycles. The molecule has 0 fully saturated rings. The molecule has 0 aliphatic carbocycles. The Morgan fingerprint density at radius 1 is 1.62 bits per heavy atom. The number of amides is 1. The maximum Gasteiger partial charge on any atom is 0.251 e. The summed E-state index contributed by atoms with van der Waals surface area (Å²) in [5.41, 5.74) is 6.53. The van der Waals surface area contributed by atoms with Gasteiger partial charge in [0.05, 0.1) is 5.56 Å². The number of primary amides is 1. The number of hydrogen-bond donors (Lipinski definition) is 1. The Morgan fingerprint density at radius 2 is 2.38 bits per heavy atom. The monoisotopic (exact) mass is 175 g/mol. The zero-order chi connectivity index (χ0) is 9.42. The van der Waals surface area contributed by atoms with Crippen LogP contribution in [0.4, 0.5) is 0 Å². The molecular weight excluding hydrogens is 168 g/mol. The SMILES string of the molecule is Cc1nc2c(C(N)=O)c[c]cc2o1. The van der Waals surface area contributed by atoms with E-state index in [0.29, 0.717) is 22.6 Å². The average molecular weight is 175 g/mol. The standard InChI is InChI=1S/C9H7N2O2/c1-5-11-8-6(9(10)12)3-2-4-7(8)13-5/h3-4H,1H3,(H2,10,12). The van der Waals surface area contributed by atoms with E-state index >= 15 is 0 Å². The van der Waals surface area contributed by atoms with Gasteiger partial charge in [-0.25, -0.2) is 4.98 Å². The van der Waals surface area contributed by atoms with Crippen molar-refractivity contribution in [2.75, 3.05) is 0 Å². The Labute approximate surface area is 74.4 Å². The van der Waals surface area contributed by atoms with Gasteiger partial charge in [-0.2, -0.15) is 0 Å². The first-order valence-electron chi connectivity index (χ1n) is 3.75. The number of aromatic nitrogens is 1. The number of rotatable bonds is 1. The van der Waals surface area contributed by atoms with Crippen molar-refractivity contribution < 1.29 is 9.21 Å². The average Bonchev–Trinajstić information content (AvgIpc) is 2.43. The summed E-state index contributed by atoms with van der Waals surface area (Å²) < 4.78 is 5.21. The highest BCUT2D eigenvalue weighted by Gasteiger charge is 2.10. The van der Waals surface area contributed by atoms with Gasteiger partial charge in [0.25, 0.3) is 5.91 Å².